The molecule has 0 radical (unpaired) electrons. The lowest BCUT2D eigenvalue weighted by Crippen LogP contribution is -2.41. The standard InChI is InChI=1S/C22H27NO4.H2O4S/c1-13-15-6-7-18(24-2)22(27-5)17(15)12-23-9-8-14-10-19(25-3)20(26-4)11-16(14)21(13)23;1-5(2,3)4/h6-7,10-11,13,21H,8-9,12H2,1-5H3;(H2,1,2,3,4)/t13-,21+;/m0./s1. The molecule has 2 heterocycles. The second-order valence-corrected chi connectivity index (χ2v) is 8.57. The molecule has 0 saturated heterocycles. The minimum atomic E-state index is -4.67. The SMILES string of the molecule is COc1cc2c(cc1OC)[C@H]1[C@@H](C)c3ccc(OC)c(OC)c3CN1CC2.O=S(=O)(O)O. The molecule has 176 valence electrons. The molecule has 2 aliphatic rings. The van der Waals surface area contributed by atoms with E-state index >= 15 is 0 Å². The summed E-state index contributed by atoms with van der Waals surface area (Å²) in [4.78, 5) is 2.54. The second kappa shape index (κ2) is 9.53. The predicted molar refractivity (Wildman–Crippen MR) is 119 cm³/mol. The molecule has 2 N–H and O–H groups in total. The van der Waals surface area contributed by atoms with E-state index in [4.69, 9.17) is 36.5 Å². The van der Waals surface area contributed by atoms with Crippen LogP contribution >= 0.6 is 0 Å². The van der Waals surface area contributed by atoms with Gasteiger partial charge in [-0.15, -0.1) is 0 Å². The first-order valence-electron chi connectivity index (χ1n) is 10.0. The zero-order chi connectivity index (χ0) is 23.6. The smallest absolute Gasteiger partial charge is 0.394 e. The third-order valence-electron chi connectivity index (χ3n) is 6.04. The number of hydrogen-bond acceptors (Lipinski definition) is 7. The number of hydrogen-bond donors (Lipinski definition) is 2. The largest absolute Gasteiger partial charge is 0.493 e. The van der Waals surface area contributed by atoms with Crippen LogP contribution in [-0.4, -0.2) is 57.4 Å². The van der Waals surface area contributed by atoms with E-state index in [-0.39, 0.29) is 0 Å². The zero-order valence-electron chi connectivity index (χ0n) is 18.8. The molecule has 2 aromatic carbocycles. The van der Waals surface area contributed by atoms with E-state index in [0.717, 1.165) is 42.5 Å². The topological polar surface area (TPSA) is 115 Å². The van der Waals surface area contributed by atoms with E-state index in [9.17, 15) is 0 Å². The van der Waals surface area contributed by atoms with Crippen LogP contribution in [-0.2, 0) is 23.4 Å². The van der Waals surface area contributed by atoms with Crippen molar-refractivity contribution in [3.63, 3.8) is 0 Å². The molecule has 0 unspecified atom stereocenters. The summed E-state index contributed by atoms with van der Waals surface area (Å²) in [6.07, 6.45) is 1.00. The Balaban J connectivity index is 0.000000523. The molecule has 2 aliphatic heterocycles. The molecule has 0 aromatic heterocycles. The molecule has 10 heteroatoms. The van der Waals surface area contributed by atoms with Gasteiger partial charge >= 0.3 is 10.4 Å². The van der Waals surface area contributed by atoms with Crippen molar-refractivity contribution in [1.82, 2.24) is 4.90 Å². The van der Waals surface area contributed by atoms with Gasteiger partial charge in [0.2, 0.25) is 0 Å². The van der Waals surface area contributed by atoms with Crippen LogP contribution in [0.25, 0.3) is 0 Å². The van der Waals surface area contributed by atoms with Crippen molar-refractivity contribution in [3.05, 3.63) is 46.5 Å². The van der Waals surface area contributed by atoms with Crippen molar-refractivity contribution in [2.45, 2.75) is 31.8 Å². The van der Waals surface area contributed by atoms with E-state index in [2.05, 4.69) is 30.0 Å². The Morgan fingerprint density at radius 1 is 0.906 bits per heavy atom. The number of fused-ring (bicyclic) bond motifs is 4. The highest BCUT2D eigenvalue weighted by molar-refractivity contribution is 7.79. The Labute approximate surface area is 188 Å². The van der Waals surface area contributed by atoms with Crippen LogP contribution in [0.4, 0.5) is 0 Å². The molecule has 9 nitrogen and oxygen atoms in total. The molecule has 0 saturated carbocycles. The predicted octanol–water partition coefficient (Wildman–Crippen LogP) is 3.28. The van der Waals surface area contributed by atoms with Crippen molar-refractivity contribution < 1.29 is 36.5 Å². The minimum Gasteiger partial charge on any atom is -0.493 e. The van der Waals surface area contributed by atoms with Crippen LogP contribution in [0.2, 0.25) is 0 Å². The number of nitrogens with zero attached hydrogens (tertiary/aromatic N) is 1. The van der Waals surface area contributed by atoms with Gasteiger partial charge in [-0.3, -0.25) is 14.0 Å². The molecule has 0 aliphatic carbocycles. The molecule has 32 heavy (non-hydrogen) atoms. The highest BCUT2D eigenvalue weighted by Gasteiger charge is 2.39. The highest BCUT2D eigenvalue weighted by Crippen LogP contribution is 2.50. The molecule has 2 atom stereocenters. The van der Waals surface area contributed by atoms with Gasteiger partial charge in [0.25, 0.3) is 0 Å². The Morgan fingerprint density at radius 2 is 1.50 bits per heavy atom. The van der Waals surface area contributed by atoms with E-state index in [1.54, 1.807) is 28.4 Å². The minimum absolute atomic E-state index is 0.319. The third kappa shape index (κ3) is 4.78. The van der Waals surface area contributed by atoms with Gasteiger partial charge in [-0.1, -0.05) is 13.0 Å². The number of ether oxygens (including phenoxy) is 4. The summed E-state index contributed by atoms with van der Waals surface area (Å²) >= 11 is 0. The lowest BCUT2D eigenvalue weighted by atomic mass is 9.77. The van der Waals surface area contributed by atoms with E-state index in [1.165, 1.54) is 22.3 Å². The molecular formula is C22H29NO8S. The number of methoxy groups -OCH3 is 4. The molecule has 0 amide bonds. The van der Waals surface area contributed by atoms with Crippen LogP contribution in [0, 0.1) is 0 Å². The third-order valence-corrected chi connectivity index (χ3v) is 6.04. The van der Waals surface area contributed by atoms with Crippen molar-refractivity contribution in [2.24, 2.45) is 0 Å². The van der Waals surface area contributed by atoms with Crippen LogP contribution in [0.1, 0.15) is 41.1 Å². The van der Waals surface area contributed by atoms with Gasteiger partial charge in [0.1, 0.15) is 0 Å². The van der Waals surface area contributed by atoms with E-state index in [0.29, 0.717) is 12.0 Å². The van der Waals surface area contributed by atoms with Gasteiger partial charge < -0.3 is 18.9 Å². The van der Waals surface area contributed by atoms with Gasteiger partial charge in [-0.2, -0.15) is 8.42 Å². The van der Waals surface area contributed by atoms with Gasteiger partial charge in [0.05, 0.1) is 28.4 Å². The Hall–Kier alpha value is -2.53. The van der Waals surface area contributed by atoms with Crippen molar-refractivity contribution in [2.75, 3.05) is 35.0 Å². The first-order chi connectivity index (χ1) is 15.1. The molecule has 2 aromatic rings. The Morgan fingerprint density at radius 3 is 2.06 bits per heavy atom. The van der Waals surface area contributed by atoms with Crippen molar-refractivity contribution >= 4 is 10.4 Å². The number of rotatable bonds is 4. The second-order valence-electron chi connectivity index (χ2n) is 7.68. The van der Waals surface area contributed by atoms with Crippen molar-refractivity contribution in [3.8, 4) is 23.0 Å². The normalized spacial score (nSPS) is 19.5. The van der Waals surface area contributed by atoms with Crippen LogP contribution < -0.4 is 18.9 Å². The summed E-state index contributed by atoms with van der Waals surface area (Å²) in [5.74, 6) is 3.60. The summed E-state index contributed by atoms with van der Waals surface area (Å²) in [6, 6.07) is 8.82. The molecular weight excluding hydrogens is 438 g/mol. The average Bonchev–Trinajstić information content (AvgIpc) is 2.75. The van der Waals surface area contributed by atoms with Crippen LogP contribution in [0.15, 0.2) is 24.3 Å². The summed E-state index contributed by atoms with van der Waals surface area (Å²) in [6.45, 7) is 4.17. The maximum absolute atomic E-state index is 8.74. The van der Waals surface area contributed by atoms with Crippen LogP contribution in [0.5, 0.6) is 23.0 Å². The summed E-state index contributed by atoms with van der Waals surface area (Å²) < 4.78 is 53.9. The quantitative estimate of drug-likeness (QED) is 0.654. The lowest BCUT2D eigenvalue weighted by Gasteiger charge is -2.45. The lowest BCUT2D eigenvalue weighted by molar-refractivity contribution is 0.136. The van der Waals surface area contributed by atoms with Gasteiger partial charge in [-0.05, 0) is 41.3 Å². The average molecular weight is 468 g/mol. The maximum atomic E-state index is 8.74. The first kappa shape index (κ1) is 24.1. The fourth-order valence-electron chi connectivity index (χ4n) is 4.76. The zero-order valence-corrected chi connectivity index (χ0v) is 19.6. The molecule has 0 bridgehead atoms. The van der Waals surface area contributed by atoms with E-state index < -0.39 is 10.4 Å². The Bertz CT molecular complexity index is 1080. The monoisotopic (exact) mass is 467 g/mol. The van der Waals surface area contributed by atoms with Crippen LogP contribution in [0.3, 0.4) is 0 Å². The van der Waals surface area contributed by atoms with Gasteiger partial charge in [0, 0.05) is 30.6 Å². The van der Waals surface area contributed by atoms with Gasteiger partial charge in [-0.25, -0.2) is 0 Å². The molecule has 0 spiro atoms. The molecule has 0 fully saturated rings. The first-order valence-corrected chi connectivity index (χ1v) is 11.4. The van der Waals surface area contributed by atoms with Gasteiger partial charge in [0.15, 0.2) is 23.0 Å². The summed E-state index contributed by atoms with van der Waals surface area (Å²) in [5.41, 5.74) is 5.26. The number of benzene rings is 2. The van der Waals surface area contributed by atoms with Crippen molar-refractivity contribution in [1.29, 1.82) is 0 Å². The molecule has 4 rings (SSSR count). The maximum Gasteiger partial charge on any atom is 0.394 e. The van der Waals surface area contributed by atoms with E-state index in [1.807, 2.05) is 6.07 Å². The summed E-state index contributed by atoms with van der Waals surface area (Å²) in [7, 11) is 2.13. The summed E-state index contributed by atoms with van der Waals surface area (Å²) in [5, 5.41) is 0. The highest BCUT2D eigenvalue weighted by atomic mass is 32.3. The fourth-order valence-corrected chi connectivity index (χ4v) is 4.76. The Kier molecular flexibility index (Phi) is 7.19. The fraction of sp³-hybridized carbons (Fsp3) is 0.455.